The van der Waals surface area contributed by atoms with Gasteiger partial charge in [-0.3, -0.25) is 9.69 Å². The predicted octanol–water partition coefficient (Wildman–Crippen LogP) is 7.16. The molecule has 0 amide bonds. The lowest BCUT2D eigenvalue weighted by atomic mass is 9.92. The first-order valence-corrected chi connectivity index (χ1v) is 16.5. The summed E-state index contributed by atoms with van der Waals surface area (Å²) in [5.74, 6) is -1.35. The molecule has 242 valence electrons. The monoisotopic (exact) mass is 650 g/mol. The van der Waals surface area contributed by atoms with Crippen LogP contribution in [0.15, 0.2) is 36.4 Å². The zero-order valence-electron chi connectivity index (χ0n) is 25.7. The summed E-state index contributed by atoms with van der Waals surface area (Å²) in [6.45, 7) is 4.30. The Labute approximate surface area is 270 Å². The quantitative estimate of drug-likeness (QED) is 0.218. The van der Waals surface area contributed by atoms with E-state index in [0.29, 0.717) is 68.5 Å². The summed E-state index contributed by atoms with van der Waals surface area (Å²) in [6, 6.07) is 10.5. The van der Waals surface area contributed by atoms with Crippen molar-refractivity contribution in [2.24, 2.45) is 5.92 Å². The lowest BCUT2D eigenvalue weighted by Crippen LogP contribution is -2.43. The molecule has 7 rings (SSSR count). The Balaban J connectivity index is 1.37. The molecular weight excluding hydrogens is 614 g/mol. The smallest absolute Gasteiger partial charge is 0.319 e. The summed E-state index contributed by atoms with van der Waals surface area (Å²) < 4.78 is 37.7. The molecule has 4 aromatic rings. The molecule has 2 N–H and O–H groups in total. The van der Waals surface area contributed by atoms with E-state index in [-0.39, 0.29) is 34.5 Å². The highest BCUT2D eigenvalue weighted by Crippen LogP contribution is 2.44. The Kier molecular flexibility index (Phi) is 8.13. The summed E-state index contributed by atoms with van der Waals surface area (Å²) in [7, 11) is 0. The number of carbonyl (C=O) groups is 1. The number of hydrogen-bond donors (Lipinski definition) is 2. The first kappa shape index (κ1) is 30.9. The molecule has 46 heavy (non-hydrogen) atoms. The van der Waals surface area contributed by atoms with Crippen molar-refractivity contribution < 1.29 is 28.5 Å². The van der Waals surface area contributed by atoms with Crippen molar-refractivity contribution in [3.63, 3.8) is 0 Å². The number of nitrogens with zero attached hydrogens (tertiary/aromatic N) is 4. The Hall–Kier alpha value is -3.76. The van der Waals surface area contributed by atoms with Crippen LogP contribution in [-0.4, -0.2) is 75.5 Å². The molecule has 0 radical (unpaired) electrons. The molecule has 3 aromatic carbocycles. The van der Waals surface area contributed by atoms with Crippen molar-refractivity contribution >= 4 is 45.1 Å². The van der Waals surface area contributed by atoms with Crippen LogP contribution in [0.2, 0.25) is 5.02 Å². The average molecular weight is 651 g/mol. The number of aromatic hydroxyl groups is 1. The van der Waals surface area contributed by atoms with Gasteiger partial charge in [0.2, 0.25) is 0 Å². The minimum absolute atomic E-state index is 0.00525. The third kappa shape index (κ3) is 5.39. The van der Waals surface area contributed by atoms with Crippen molar-refractivity contribution in [3.05, 3.63) is 52.8 Å². The largest absolute Gasteiger partial charge is 0.508 e. The van der Waals surface area contributed by atoms with Crippen LogP contribution in [0.1, 0.15) is 51.0 Å². The van der Waals surface area contributed by atoms with Gasteiger partial charge in [0, 0.05) is 37.0 Å². The maximum atomic E-state index is 17.0. The number of alkyl halides is 1. The van der Waals surface area contributed by atoms with E-state index in [2.05, 4.69) is 9.88 Å². The van der Waals surface area contributed by atoms with Gasteiger partial charge in [-0.25, -0.2) is 8.78 Å². The first-order valence-electron chi connectivity index (χ1n) is 16.1. The van der Waals surface area contributed by atoms with Gasteiger partial charge in [0.25, 0.3) is 0 Å². The van der Waals surface area contributed by atoms with Crippen LogP contribution in [-0.2, 0) is 11.2 Å². The molecule has 0 saturated carbocycles. The van der Waals surface area contributed by atoms with Gasteiger partial charge in [-0.1, -0.05) is 36.7 Å². The van der Waals surface area contributed by atoms with Crippen LogP contribution in [0.4, 0.5) is 14.6 Å². The molecule has 11 heteroatoms. The molecule has 3 aliphatic rings. The molecule has 4 heterocycles. The van der Waals surface area contributed by atoms with E-state index >= 15 is 4.39 Å². The minimum Gasteiger partial charge on any atom is -0.508 e. The summed E-state index contributed by atoms with van der Waals surface area (Å²) >= 11 is 6.93. The number of carboxylic acid groups (broad SMARTS) is 1. The fourth-order valence-electron chi connectivity index (χ4n) is 7.90. The topological polar surface area (TPSA) is 99.0 Å². The zero-order valence-corrected chi connectivity index (χ0v) is 26.5. The Morgan fingerprint density at radius 3 is 2.80 bits per heavy atom. The van der Waals surface area contributed by atoms with Crippen LogP contribution in [0.25, 0.3) is 32.8 Å². The first-order chi connectivity index (χ1) is 22.2. The van der Waals surface area contributed by atoms with Crippen LogP contribution in [0, 0.1) is 11.7 Å². The number of hydrogen-bond acceptors (Lipinski definition) is 7. The maximum absolute atomic E-state index is 17.0. The van der Waals surface area contributed by atoms with E-state index in [1.807, 2.05) is 24.0 Å². The van der Waals surface area contributed by atoms with E-state index in [0.717, 1.165) is 35.7 Å². The third-order valence-electron chi connectivity index (χ3n) is 10.1. The standard InChI is InChI=1S/C35H37ClF2N4O4/c1-2-20-14-24(43)15-22-6-3-8-25(28(20)22)29-27(36)16-26-31(30(29)38)39-34(46-19-35-10-5-12-42(35)18-23(37)17-35)40-32(26)41-11-4-7-21(9-13-41)33(44)45/h3,6,8,14-16,21,23,43H,2,4-5,7,9-13,17-19H2,1H3,(H,44,45)/t21?,23-,35+/m1/s1. The van der Waals surface area contributed by atoms with Crippen molar-refractivity contribution in [1.82, 2.24) is 14.9 Å². The summed E-state index contributed by atoms with van der Waals surface area (Å²) in [4.78, 5) is 25.3. The number of anilines is 1. The molecule has 0 aliphatic carbocycles. The van der Waals surface area contributed by atoms with E-state index in [4.69, 9.17) is 21.3 Å². The number of phenols is 1. The maximum Gasteiger partial charge on any atom is 0.319 e. The van der Waals surface area contributed by atoms with Crippen LogP contribution in [0.5, 0.6) is 11.8 Å². The summed E-state index contributed by atoms with van der Waals surface area (Å²) in [5.41, 5.74) is 1.23. The van der Waals surface area contributed by atoms with Gasteiger partial charge in [0.15, 0.2) is 5.82 Å². The lowest BCUT2D eigenvalue weighted by molar-refractivity contribution is -0.142. The van der Waals surface area contributed by atoms with Crippen LogP contribution >= 0.6 is 11.6 Å². The minimum atomic E-state index is -0.922. The third-order valence-corrected chi connectivity index (χ3v) is 10.4. The number of aliphatic carboxylic acids is 1. The molecule has 3 aliphatic heterocycles. The average Bonchev–Trinajstić information content (AvgIpc) is 3.43. The number of ether oxygens (including phenoxy) is 1. The molecule has 8 nitrogen and oxygen atoms in total. The lowest BCUT2D eigenvalue weighted by Gasteiger charge is -2.31. The van der Waals surface area contributed by atoms with Gasteiger partial charge in [-0.05, 0) is 85.2 Å². The molecule has 1 unspecified atom stereocenters. The van der Waals surface area contributed by atoms with E-state index in [1.165, 1.54) is 0 Å². The molecule has 0 spiro atoms. The molecule has 1 aromatic heterocycles. The highest BCUT2D eigenvalue weighted by Gasteiger charge is 2.49. The van der Waals surface area contributed by atoms with Crippen molar-refractivity contribution in [3.8, 4) is 22.9 Å². The molecule has 3 atom stereocenters. The number of aryl methyl sites for hydroxylation is 1. The van der Waals surface area contributed by atoms with Gasteiger partial charge in [0.05, 0.1) is 16.5 Å². The van der Waals surface area contributed by atoms with E-state index < -0.39 is 29.4 Å². The number of aromatic nitrogens is 2. The summed E-state index contributed by atoms with van der Waals surface area (Å²) in [6.07, 6.45) is 3.42. The second kappa shape index (κ2) is 12.1. The number of fused-ring (bicyclic) bond motifs is 3. The Morgan fingerprint density at radius 2 is 2.00 bits per heavy atom. The predicted molar refractivity (Wildman–Crippen MR) is 174 cm³/mol. The SMILES string of the molecule is CCc1cc(O)cc2cccc(-c3c(Cl)cc4c(N5CCCC(C(=O)O)CC5)nc(OC[C@@]56CCCN5C[C@H](F)C6)nc4c3F)c12. The molecule has 3 fully saturated rings. The highest BCUT2D eigenvalue weighted by atomic mass is 35.5. The van der Waals surface area contributed by atoms with Gasteiger partial charge in [-0.2, -0.15) is 9.97 Å². The van der Waals surface area contributed by atoms with Gasteiger partial charge >= 0.3 is 12.0 Å². The highest BCUT2D eigenvalue weighted by molar-refractivity contribution is 6.35. The second-order valence-electron chi connectivity index (χ2n) is 13.0. The van der Waals surface area contributed by atoms with Crippen molar-refractivity contribution in [2.75, 3.05) is 37.7 Å². The second-order valence-corrected chi connectivity index (χ2v) is 13.4. The number of halogens is 3. The summed E-state index contributed by atoms with van der Waals surface area (Å²) in [5, 5.41) is 22.1. The molecular formula is C35H37ClF2N4O4. The fraction of sp³-hybridized carbons (Fsp3) is 0.457. The van der Waals surface area contributed by atoms with Gasteiger partial charge in [-0.15, -0.1) is 0 Å². The Morgan fingerprint density at radius 1 is 1.15 bits per heavy atom. The fourth-order valence-corrected chi connectivity index (χ4v) is 8.20. The Bertz CT molecular complexity index is 1840. The molecule has 0 bridgehead atoms. The van der Waals surface area contributed by atoms with E-state index in [9.17, 15) is 19.4 Å². The van der Waals surface area contributed by atoms with Gasteiger partial charge in [0.1, 0.15) is 29.9 Å². The van der Waals surface area contributed by atoms with Crippen LogP contribution in [0.3, 0.4) is 0 Å². The molecule has 3 saturated heterocycles. The number of carboxylic acids is 1. The van der Waals surface area contributed by atoms with E-state index in [1.54, 1.807) is 24.3 Å². The number of phenolic OH excluding ortho intramolecular Hbond substituents is 1. The zero-order chi connectivity index (χ0) is 32.2. The normalized spacial score (nSPS) is 23.6. The number of benzene rings is 3. The van der Waals surface area contributed by atoms with Gasteiger partial charge < -0.3 is 19.8 Å². The number of rotatable bonds is 7. The van der Waals surface area contributed by atoms with Crippen LogP contribution < -0.4 is 9.64 Å². The van der Waals surface area contributed by atoms with Crippen molar-refractivity contribution in [1.29, 1.82) is 0 Å². The van der Waals surface area contributed by atoms with Crippen molar-refractivity contribution in [2.45, 2.75) is 63.6 Å².